The summed E-state index contributed by atoms with van der Waals surface area (Å²) in [6.45, 7) is 4.04. The third kappa shape index (κ3) is 2.91. The summed E-state index contributed by atoms with van der Waals surface area (Å²) in [7, 11) is 1.67. The molecule has 0 atom stereocenters. The Hall–Kier alpha value is -2.24. The van der Waals surface area contributed by atoms with Crippen LogP contribution in [0.3, 0.4) is 0 Å². The zero-order chi connectivity index (χ0) is 12.8. The molecule has 0 radical (unpaired) electrons. The van der Waals surface area contributed by atoms with Gasteiger partial charge in [-0.1, -0.05) is 60.9 Å². The van der Waals surface area contributed by atoms with Gasteiger partial charge in [0.1, 0.15) is 0 Å². The number of rotatable bonds is 4. The quantitative estimate of drug-likeness (QED) is 0.431. The van der Waals surface area contributed by atoms with Crippen LogP contribution < -0.4 is 0 Å². The van der Waals surface area contributed by atoms with Gasteiger partial charge in [0, 0.05) is 5.57 Å². The largest absolute Gasteiger partial charge is 0.489 e. The van der Waals surface area contributed by atoms with Crippen LogP contribution in [0.4, 0.5) is 0 Å². The third-order valence-corrected chi connectivity index (χ3v) is 2.79. The highest BCUT2D eigenvalue weighted by atomic mass is 16.5. The van der Waals surface area contributed by atoms with Crippen molar-refractivity contribution in [2.45, 2.75) is 6.42 Å². The Morgan fingerprint density at radius 1 is 1.33 bits per heavy atom. The van der Waals surface area contributed by atoms with Gasteiger partial charge in [-0.25, -0.2) is 0 Å². The van der Waals surface area contributed by atoms with E-state index in [0.29, 0.717) is 0 Å². The average Bonchev–Trinajstić information content (AvgIpc) is 2.94. The summed E-state index contributed by atoms with van der Waals surface area (Å²) in [6, 6.07) is 10.1. The van der Waals surface area contributed by atoms with Gasteiger partial charge in [-0.3, -0.25) is 0 Å². The minimum absolute atomic E-state index is 0.775. The highest BCUT2D eigenvalue weighted by Gasteiger charge is 2.05. The number of ether oxygens (including phenoxy) is 1. The number of hydrogen-bond donors (Lipinski definition) is 0. The van der Waals surface area contributed by atoms with Crippen molar-refractivity contribution < 1.29 is 4.74 Å². The Morgan fingerprint density at radius 2 is 2.11 bits per heavy atom. The van der Waals surface area contributed by atoms with Crippen molar-refractivity contribution in [2.75, 3.05) is 7.11 Å². The monoisotopic (exact) mass is 236 g/mol. The molecule has 1 aromatic rings. The molecule has 2 rings (SSSR count). The van der Waals surface area contributed by atoms with Gasteiger partial charge in [0.05, 0.1) is 7.11 Å². The molecule has 0 saturated heterocycles. The molecule has 0 aromatic heterocycles. The van der Waals surface area contributed by atoms with Crippen LogP contribution >= 0.6 is 0 Å². The Labute approximate surface area is 108 Å². The number of allylic oxidation sites excluding steroid dienone is 5. The van der Waals surface area contributed by atoms with E-state index in [-0.39, 0.29) is 0 Å². The van der Waals surface area contributed by atoms with Crippen LogP contribution in [0.25, 0.3) is 5.57 Å². The number of benzene rings is 1. The molecule has 18 heavy (non-hydrogen) atoms. The maximum atomic E-state index is 5.35. The molecular weight excluding hydrogens is 220 g/mol. The average molecular weight is 236 g/mol. The van der Waals surface area contributed by atoms with Crippen LogP contribution in [0.15, 0.2) is 78.3 Å². The first-order valence-electron chi connectivity index (χ1n) is 5.92. The van der Waals surface area contributed by atoms with Crippen molar-refractivity contribution in [3.8, 4) is 0 Å². The predicted octanol–water partition coefficient (Wildman–Crippen LogP) is 4.27. The minimum Gasteiger partial charge on any atom is -0.489 e. The lowest BCUT2D eigenvalue weighted by Crippen LogP contribution is -1.88. The summed E-state index contributed by atoms with van der Waals surface area (Å²) in [4.78, 5) is 0. The zero-order valence-electron chi connectivity index (χ0n) is 10.5. The van der Waals surface area contributed by atoms with Gasteiger partial charge in [-0.2, -0.15) is 0 Å². The van der Waals surface area contributed by atoms with E-state index in [1.54, 1.807) is 7.11 Å². The summed E-state index contributed by atoms with van der Waals surface area (Å²) in [5.74, 6) is 0.775. The molecule has 0 bridgehead atoms. The van der Waals surface area contributed by atoms with Gasteiger partial charge in [-0.15, -0.1) is 0 Å². The van der Waals surface area contributed by atoms with E-state index in [4.69, 9.17) is 4.74 Å². The molecule has 0 unspecified atom stereocenters. The van der Waals surface area contributed by atoms with Crippen LogP contribution in [-0.4, -0.2) is 7.11 Å². The van der Waals surface area contributed by atoms with Crippen LogP contribution in [0.2, 0.25) is 0 Å². The summed E-state index contributed by atoms with van der Waals surface area (Å²) in [5.41, 5.74) is 6.34. The molecule has 0 fully saturated rings. The molecule has 0 spiro atoms. The van der Waals surface area contributed by atoms with Crippen LogP contribution in [0.1, 0.15) is 12.0 Å². The van der Waals surface area contributed by atoms with Crippen molar-refractivity contribution in [3.63, 3.8) is 0 Å². The lowest BCUT2D eigenvalue weighted by molar-refractivity contribution is 0.301. The SMILES string of the molecule is C=C(C=C=C(OC)C1=CC=CC1)c1ccccc1. The Balaban J connectivity index is 2.20. The van der Waals surface area contributed by atoms with Crippen molar-refractivity contribution in [1.29, 1.82) is 0 Å². The molecule has 0 saturated carbocycles. The topological polar surface area (TPSA) is 9.23 Å². The van der Waals surface area contributed by atoms with E-state index in [1.165, 1.54) is 0 Å². The van der Waals surface area contributed by atoms with E-state index in [1.807, 2.05) is 48.6 Å². The second-order valence-corrected chi connectivity index (χ2v) is 4.04. The Kier molecular flexibility index (Phi) is 4.01. The fourth-order valence-electron chi connectivity index (χ4n) is 1.79. The lowest BCUT2D eigenvalue weighted by atomic mass is 10.1. The second-order valence-electron chi connectivity index (χ2n) is 4.04. The van der Waals surface area contributed by atoms with Gasteiger partial charge in [0.25, 0.3) is 0 Å². The summed E-state index contributed by atoms with van der Waals surface area (Å²) in [6.07, 6.45) is 8.95. The van der Waals surface area contributed by atoms with Gasteiger partial charge in [-0.05, 0) is 23.6 Å². The molecule has 0 amide bonds. The fraction of sp³-hybridized carbons (Fsp3) is 0.118. The van der Waals surface area contributed by atoms with Gasteiger partial charge >= 0.3 is 0 Å². The molecule has 0 heterocycles. The van der Waals surface area contributed by atoms with Gasteiger partial charge in [0.15, 0.2) is 5.76 Å². The molecular formula is C17H16O. The van der Waals surface area contributed by atoms with E-state index < -0.39 is 0 Å². The van der Waals surface area contributed by atoms with Crippen molar-refractivity contribution in [3.05, 3.63) is 83.8 Å². The highest BCUT2D eigenvalue weighted by Crippen LogP contribution is 2.20. The Bertz CT molecular complexity index is 553. The third-order valence-electron chi connectivity index (χ3n) is 2.79. The molecule has 0 aliphatic heterocycles. The first-order valence-corrected chi connectivity index (χ1v) is 5.92. The molecule has 1 aromatic carbocycles. The summed E-state index contributed by atoms with van der Waals surface area (Å²) >= 11 is 0. The fourth-order valence-corrected chi connectivity index (χ4v) is 1.79. The summed E-state index contributed by atoms with van der Waals surface area (Å²) in [5, 5.41) is 0. The molecule has 1 heteroatoms. The first-order chi connectivity index (χ1) is 8.81. The smallest absolute Gasteiger partial charge is 0.165 e. The van der Waals surface area contributed by atoms with Crippen molar-refractivity contribution in [1.82, 2.24) is 0 Å². The number of hydrogen-bond acceptors (Lipinski definition) is 1. The maximum Gasteiger partial charge on any atom is 0.165 e. The zero-order valence-corrected chi connectivity index (χ0v) is 10.5. The van der Waals surface area contributed by atoms with E-state index in [2.05, 4.69) is 18.4 Å². The maximum absolute atomic E-state index is 5.35. The first kappa shape index (κ1) is 12.2. The molecule has 1 aliphatic carbocycles. The van der Waals surface area contributed by atoms with Crippen LogP contribution in [-0.2, 0) is 4.74 Å². The van der Waals surface area contributed by atoms with Gasteiger partial charge < -0.3 is 4.74 Å². The van der Waals surface area contributed by atoms with Crippen LogP contribution in [0, 0.1) is 0 Å². The van der Waals surface area contributed by atoms with Crippen molar-refractivity contribution >= 4 is 5.57 Å². The minimum atomic E-state index is 0.775. The van der Waals surface area contributed by atoms with Gasteiger partial charge in [0.2, 0.25) is 0 Å². The lowest BCUT2D eigenvalue weighted by Gasteiger charge is -2.03. The van der Waals surface area contributed by atoms with E-state index in [0.717, 1.165) is 28.9 Å². The normalized spacial score (nSPS) is 12.6. The predicted molar refractivity (Wildman–Crippen MR) is 75.9 cm³/mol. The Morgan fingerprint density at radius 3 is 2.72 bits per heavy atom. The van der Waals surface area contributed by atoms with Crippen LogP contribution in [0.5, 0.6) is 0 Å². The van der Waals surface area contributed by atoms with E-state index >= 15 is 0 Å². The molecule has 1 nitrogen and oxygen atoms in total. The second kappa shape index (κ2) is 5.90. The molecule has 1 aliphatic rings. The molecule has 90 valence electrons. The standard InChI is InChI=1S/C17H16O/c1-14(15-8-4-3-5-9-15)12-13-17(18-2)16-10-6-7-11-16/h3-10,12H,1,11H2,2H3. The van der Waals surface area contributed by atoms with Crippen molar-refractivity contribution in [2.24, 2.45) is 0 Å². The summed E-state index contributed by atoms with van der Waals surface area (Å²) < 4.78 is 5.35. The number of methoxy groups -OCH3 is 1. The highest BCUT2D eigenvalue weighted by molar-refractivity contribution is 5.71. The molecule has 0 N–H and O–H groups in total. The van der Waals surface area contributed by atoms with E-state index in [9.17, 15) is 0 Å².